The van der Waals surface area contributed by atoms with Crippen molar-refractivity contribution in [3.63, 3.8) is 0 Å². The smallest absolute Gasteiger partial charge is 0.266 e. The van der Waals surface area contributed by atoms with Crippen LogP contribution in [0.15, 0.2) is 29.1 Å². The monoisotopic (exact) mass is 307 g/mol. The minimum Gasteiger partial charge on any atom is -0.266 e. The molecule has 0 aliphatic heterocycles. The number of nitriles is 1. The number of nitrogens with zero attached hydrogens (tertiary/aromatic N) is 3. The molecule has 0 N–H and O–H groups in total. The number of aryl methyl sites for hydroxylation is 1. The van der Waals surface area contributed by atoms with E-state index in [0.717, 1.165) is 10.7 Å². The van der Waals surface area contributed by atoms with Crippen LogP contribution in [0, 0.1) is 25.2 Å². The number of rotatable bonds is 2. The molecule has 0 aliphatic rings. The summed E-state index contributed by atoms with van der Waals surface area (Å²) >= 11 is 0. The molecule has 0 atom stereocenters. The minimum absolute atomic E-state index is 0.0725. The molecule has 7 heteroatoms. The topological polar surface area (TPSA) is 58.7 Å². The van der Waals surface area contributed by atoms with Crippen LogP contribution in [0.1, 0.15) is 27.9 Å². The fraction of sp³-hybridized carbons (Fsp3) is 0.267. The number of alkyl halides is 3. The van der Waals surface area contributed by atoms with Crippen LogP contribution in [0.2, 0.25) is 0 Å². The zero-order chi connectivity index (χ0) is 16.5. The summed E-state index contributed by atoms with van der Waals surface area (Å²) in [6.45, 7) is 2.84. The molecule has 1 aromatic carbocycles. The van der Waals surface area contributed by atoms with Crippen LogP contribution >= 0.6 is 0 Å². The van der Waals surface area contributed by atoms with Crippen molar-refractivity contribution in [2.75, 3.05) is 0 Å². The molecule has 0 radical (unpaired) electrons. The van der Waals surface area contributed by atoms with E-state index in [1.165, 1.54) is 18.2 Å². The van der Waals surface area contributed by atoms with Gasteiger partial charge in [0.2, 0.25) is 0 Å². The molecule has 0 saturated heterocycles. The molecule has 0 amide bonds. The highest BCUT2D eigenvalue weighted by atomic mass is 19.4. The molecular formula is C15H12F3N3O. The molecule has 0 aliphatic carbocycles. The van der Waals surface area contributed by atoms with Crippen LogP contribution in [0.3, 0.4) is 0 Å². The lowest BCUT2D eigenvalue weighted by Crippen LogP contribution is -2.28. The molecule has 0 fully saturated rings. The van der Waals surface area contributed by atoms with E-state index in [1.807, 2.05) is 0 Å². The molecule has 0 saturated carbocycles. The highest BCUT2D eigenvalue weighted by Gasteiger charge is 2.33. The molecule has 2 rings (SSSR count). The number of hydrogen-bond donors (Lipinski definition) is 0. The van der Waals surface area contributed by atoms with Crippen LogP contribution in [0.5, 0.6) is 0 Å². The van der Waals surface area contributed by atoms with Crippen LogP contribution in [0.25, 0.3) is 0 Å². The Morgan fingerprint density at radius 3 is 2.50 bits per heavy atom. The molecule has 114 valence electrons. The fourth-order valence-corrected chi connectivity index (χ4v) is 2.11. The van der Waals surface area contributed by atoms with Crippen molar-refractivity contribution in [3.8, 4) is 6.07 Å². The summed E-state index contributed by atoms with van der Waals surface area (Å²) in [5.74, 6) is 0. The van der Waals surface area contributed by atoms with Gasteiger partial charge in [0.15, 0.2) is 0 Å². The molecule has 22 heavy (non-hydrogen) atoms. The second kappa shape index (κ2) is 5.64. The Hall–Kier alpha value is -2.62. The van der Waals surface area contributed by atoms with E-state index >= 15 is 0 Å². The van der Waals surface area contributed by atoms with E-state index in [2.05, 4.69) is 5.10 Å². The quantitative estimate of drug-likeness (QED) is 0.857. The first-order valence-electron chi connectivity index (χ1n) is 6.39. The summed E-state index contributed by atoms with van der Waals surface area (Å²) in [7, 11) is 0. The molecule has 2 aromatic rings. The van der Waals surface area contributed by atoms with Gasteiger partial charge in [0.25, 0.3) is 5.56 Å². The van der Waals surface area contributed by atoms with Crippen molar-refractivity contribution in [2.45, 2.75) is 26.6 Å². The normalized spacial score (nSPS) is 11.3. The summed E-state index contributed by atoms with van der Waals surface area (Å²) in [4.78, 5) is 12.1. The largest absolute Gasteiger partial charge is 0.416 e. The zero-order valence-electron chi connectivity index (χ0n) is 11.9. The first-order chi connectivity index (χ1) is 10.3. The summed E-state index contributed by atoms with van der Waals surface area (Å²) in [5, 5.41) is 13.0. The average molecular weight is 307 g/mol. The van der Waals surface area contributed by atoms with Crippen LogP contribution in [-0.2, 0) is 12.7 Å². The average Bonchev–Trinajstić information content (AvgIpc) is 2.45. The molecule has 0 bridgehead atoms. The highest BCUT2D eigenvalue weighted by Crippen LogP contribution is 2.32. The van der Waals surface area contributed by atoms with Gasteiger partial charge in [-0.05, 0) is 31.0 Å². The maximum atomic E-state index is 13.0. The number of benzene rings is 1. The van der Waals surface area contributed by atoms with Crippen molar-refractivity contribution in [3.05, 3.63) is 62.6 Å². The van der Waals surface area contributed by atoms with E-state index in [4.69, 9.17) is 5.26 Å². The highest BCUT2D eigenvalue weighted by molar-refractivity contribution is 5.37. The van der Waals surface area contributed by atoms with Gasteiger partial charge in [-0.1, -0.05) is 18.2 Å². The third kappa shape index (κ3) is 2.86. The van der Waals surface area contributed by atoms with Crippen molar-refractivity contribution < 1.29 is 13.2 Å². The molecule has 0 unspecified atom stereocenters. The summed E-state index contributed by atoms with van der Waals surface area (Å²) < 4.78 is 39.8. The Kier molecular flexibility index (Phi) is 4.04. The van der Waals surface area contributed by atoms with E-state index in [1.54, 1.807) is 19.9 Å². The van der Waals surface area contributed by atoms with Crippen molar-refractivity contribution in [1.82, 2.24) is 9.78 Å². The van der Waals surface area contributed by atoms with Crippen LogP contribution < -0.4 is 5.56 Å². The first kappa shape index (κ1) is 15.8. The Bertz CT molecular complexity index is 816. The Morgan fingerprint density at radius 1 is 1.27 bits per heavy atom. The van der Waals surface area contributed by atoms with Crippen molar-refractivity contribution in [2.24, 2.45) is 0 Å². The number of halogens is 3. The minimum atomic E-state index is -4.52. The lowest BCUT2D eigenvalue weighted by molar-refractivity contribution is -0.138. The number of aromatic nitrogens is 2. The van der Waals surface area contributed by atoms with Crippen molar-refractivity contribution >= 4 is 0 Å². The molecule has 0 spiro atoms. The predicted octanol–water partition coefficient (Wildman–Crippen LogP) is 2.80. The van der Waals surface area contributed by atoms with Gasteiger partial charge in [0, 0.05) is 0 Å². The van der Waals surface area contributed by atoms with Gasteiger partial charge in [0.1, 0.15) is 11.6 Å². The van der Waals surface area contributed by atoms with Gasteiger partial charge in [-0.2, -0.15) is 23.5 Å². The number of hydrogen-bond acceptors (Lipinski definition) is 3. The molecular weight excluding hydrogens is 295 g/mol. The standard InChI is InChI=1S/C15H12F3N3O/c1-9-10(2)20-21(14(22)12(9)7-19)8-11-5-3-4-6-13(11)15(16,17)18/h3-6H,8H2,1-2H3. The third-order valence-electron chi connectivity index (χ3n) is 3.39. The Morgan fingerprint density at radius 2 is 1.91 bits per heavy atom. The summed E-state index contributed by atoms with van der Waals surface area (Å²) in [6, 6.07) is 6.76. The van der Waals surface area contributed by atoms with E-state index in [-0.39, 0.29) is 17.7 Å². The Labute approximate surface area is 124 Å². The third-order valence-corrected chi connectivity index (χ3v) is 3.39. The van der Waals surface area contributed by atoms with Crippen LogP contribution in [0.4, 0.5) is 13.2 Å². The predicted molar refractivity (Wildman–Crippen MR) is 73.2 cm³/mol. The molecule has 1 aromatic heterocycles. The van der Waals surface area contributed by atoms with E-state index in [9.17, 15) is 18.0 Å². The molecule has 1 heterocycles. The fourth-order valence-electron chi connectivity index (χ4n) is 2.11. The van der Waals surface area contributed by atoms with Gasteiger partial charge >= 0.3 is 6.18 Å². The summed E-state index contributed by atoms with van der Waals surface area (Å²) in [6.07, 6.45) is -4.52. The molecule has 4 nitrogen and oxygen atoms in total. The second-order valence-corrected chi connectivity index (χ2v) is 4.81. The first-order valence-corrected chi connectivity index (χ1v) is 6.39. The SMILES string of the molecule is Cc1nn(Cc2ccccc2C(F)(F)F)c(=O)c(C#N)c1C. The van der Waals surface area contributed by atoms with Crippen LogP contribution in [-0.4, -0.2) is 9.78 Å². The maximum Gasteiger partial charge on any atom is 0.416 e. The Balaban J connectivity index is 2.57. The van der Waals surface area contributed by atoms with E-state index in [0.29, 0.717) is 11.3 Å². The van der Waals surface area contributed by atoms with Gasteiger partial charge in [-0.3, -0.25) is 4.79 Å². The van der Waals surface area contributed by atoms with Gasteiger partial charge in [-0.25, -0.2) is 4.68 Å². The lowest BCUT2D eigenvalue weighted by Gasteiger charge is -2.14. The van der Waals surface area contributed by atoms with Gasteiger partial charge in [0.05, 0.1) is 17.8 Å². The zero-order valence-corrected chi connectivity index (χ0v) is 11.9. The maximum absolute atomic E-state index is 13.0. The van der Waals surface area contributed by atoms with Gasteiger partial charge in [-0.15, -0.1) is 0 Å². The van der Waals surface area contributed by atoms with Gasteiger partial charge < -0.3 is 0 Å². The van der Waals surface area contributed by atoms with Crippen molar-refractivity contribution in [1.29, 1.82) is 5.26 Å². The van der Waals surface area contributed by atoms with E-state index < -0.39 is 17.3 Å². The lowest BCUT2D eigenvalue weighted by atomic mass is 10.1. The summed E-state index contributed by atoms with van der Waals surface area (Å²) in [5.41, 5.74) is -0.815. The second-order valence-electron chi connectivity index (χ2n) is 4.81.